The van der Waals surface area contributed by atoms with Crippen molar-refractivity contribution in [2.75, 3.05) is 0 Å². The average molecular weight is 196 g/mol. The summed E-state index contributed by atoms with van der Waals surface area (Å²) in [6.45, 7) is 2.06. The fourth-order valence-electron chi connectivity index (χ4n) is 1.37. The maximum Gasteiger partial charge on any atom is 0.303 e. The molecule has 0 saturated heterocycles. The second kappa shape index (κ2) is 4.79. The first-order valence-electron chi connectivity index (χ1n) is 4.86. The first-order chi connectivity index (χ1) is 6.63. The van der Waals surface area contributed by atoms with Gasteiger partial charge in [0.25, 0.3) is 0 Å². The van der Waals surface area contributed by atoms with E-state index in [9.17, 15) is 4.79 Å². The molecule has 14 heavy (non-hydrogen) atoms. The van der Waals surface area contributed by atoms with Crippen LogP contribution in [0.25, 0.3) is 0 Å². The molecule has 1 rings (SSSR count). The SMILES string of the molecule is CCc1cn(C)c(CCCC(=O)O)n1. The van der Waals surface area contributed by atoms with E-state index in [2.05, 4.69) is 11.9 Å². The number of aryl methyl sites for hydroxylation is 3. The zero-order chi connectivity index (χ0) is 10.6. The fraction of sp³-hybridized carbons (Fsp3) is 0.600. The van der Waals surface area contributed by atoms with Gasteiger partial charge in [-0.1, -0.05) is 6.92 Å². The molecular weight excluding hydrogens is 180 g/mol. The molecule has 1 heterocycles. The van der Waals surface area contributed by atoms with Crippen LogP contribution >= 0.6 is 0 Å². The van der Waals surface area contributed by atoms with Crippen molar-refractivity contribution in [1.29, 1.82) is 0 Å². The van der Waals surface area contributed by atoms with Crippen molar-refractivity contribution in [3.63, 3.8) is 0 Å². The third-order valence-electron chi connectivity index (χ3n) is 2.18. The number of carboxylic acid groups (broad SMARTS) is 1. The van der Waals surface area contributed by atoms with Crippen molar-refractivity contribution in [2.24, 2.45) is 7.05 Å². The number of hydrogen-bond acceptors (Lipinski definition) is 2. The van der Waals surface area contributed by atoms with Gasteiger partial charge in [-0.25, -0.2) is 4.98 Å². The molecule has 0 unspecified atom stereocenters. The van der Waals surface area contributed by atoms with Crippen LogP contribution in [0.1, 0.15) is 31.3 Å². The van der Waals surface area contributed by atoms with Crippen LogP contribution < -0.4 is 0 Å². The molecule has 0 aliphatic heterocycles. The molecule has 1 aromatic heterocycles. The third-order valence-corrected chi connectivity index (χ3v) is 2.18. The van der Waals surface area contributed by atoms with Crippen molar-refractivity contribution in [3.05, 3.63) is 17.7 Å². The molecule has 0 bridgehead atoms. The first-order valence-corrected chi connectivity index (χ1v) is 4.86. The van der Waals surface area contributed by atoms with Crippen molar-refractivity contribution < 1.29 is 9.90 Å². The van der Waals surface area contributed by atoms with E-state index >= 15 is 0 Å². The lowest BCUT2D eigenvalue weighted by Crippen LogP contribution is -2.00. The van der Waals surface area contributed by atoms with Gasteiger partial charge in [-0.05, 0) is 12.8 Å². The monoisotopic (exact) mass is 196 g/mol. The van der Waals surface area contributed by atoms with Crippen LogP contribution in [0.15, 0.2) is 6.20 Å². The van der Waals surface area contributed by atoms with Gasteiger partial charge in [0.1, 0.15) is 5.82 Å². The first kappa shape index (κ1) is 10.8. The van der Waals surface area contributed by atoms with Crippen LogP contribution in [0.2, 0.25) is 0 Å². The number of aliphatic carboxylic acids is 1. The number of rotatable bonds is 5. The normalized spacial score (nSPS) is 10.4. The van der Waals surface area contributed by atoms with E-state index in [0.29, 0.717) is 6.42 Å². The molecule has 4 nitrogen and oxygen atoms in total. The minimum Gasteiger partial charge on any atom is -0.481 e. The van der Waals surface area contributed by atoms with Crippen molar-refractivity contribution in [1.82, 2.24) is 9.55 Å². The second-order valence-corrected chi connectivity index (χ2v) is 3.36. The number of carboxylic acids is 1. The van der Waals surface area contributed by atoms with E-state index in [1.54, 1.807) is 0 Å². The lowest BCUT2D eigenvalue weighted by atomic mass is 10.2. The molecule has 0 aromatic carbocycles. The van der Waals surface area contributed by atoms with E-state index in [1.165, 1.54) is 0 Å². The molecule has 0 saturated carbocycles. The maximum atomic E-state index is 10.3. The van der Waals surface area contributed by atoms with E-state index in [-0.39, 0.29) is 6.42 Å². The summed E-state index contributed by atoms with van der Waals surface area (Å²) in [5, 5.41) is 8.48. The number of nitrogens with zero attached hydrogens (tertiary/aromatic N) is 2. The Kier molecular flexibility index (Phi) is 3.68. The molecule has 0 aliphatic carbocycles. The summed E-state index contributed by atoms with van der Waals surface area (Å²) in [6.07, 6.45) is 4.53. The Morgan fingerprint density at radius 3 is 2.86 bits per heavy atom. The highest BCUT2D eigenvalue weighted by atomic mass is 16.4. The van der Waals surface area contributed by atoms with Crippen molar-refractivity contribution >= 4 is 5.97 Å². The van der Waals surface area contributed by atoms with Crippen molar-refractivity contribution in [2.45, 2.75) is 32.6 Å². The second-order valence-electron chi connectivity index (χ2n) is 3.36. The minimum atomic E-state index is -0.741. The molecule has 1 N–H and O–H groups in total. The molecule has 4 heteroatoms. The maximum absolute atomic E-state index is 10.3. The van der Waals surface area contributed by atoms with Gasteiger partial charge >= 0.3 is 5.97 Å². The Balaban J connectivity index is 2.49. The van der Waals surface area contributed by atoms with Crippen LogP contribution in [-0.2, 0) is 24.7 Å². The Morgan fingerprint density at radius 2 is 2.36 bits per heavy atom. The zero-order valence-electron chi connectivity index (χ0n) is 8.66. The van der Waals surface area contributed by atoms with Crippen molar-refractivity contribution in [3.8, 4) is 0 Å². The number of aromatic nitrogens is 2. The fourth-order valence-corrected chi connectivity index (χ4v) is 1.37. The quantitative estimate of drug-likeness (QED) is 0.774. The van der Waals surface area contributed by atoms with Gasteiger partial charge in [0.2, 0.25) is 0 Å². The van der Waals surface area contributed by atoms with Crippen LogP contribution in [-0.4, -0.2) is 20.6 Å². The summed E-state index contributed by atoms with van der Waals surface area (Å²) in [6, 6.07) is 0. The van der Waals surface area contributed by atoms with E-state index < -0.39 is 5.97 Å². The summed E-state index contributed by atoms with van der Waals surface area (Å²) >= 11 is 0. The third kappa shape index (κ3) is 2.87. The van der Waals surface area contributed by atoms with Gasteiger partial charge in [0.05, 0.1) is 5.69 Å². The van der Waals surface area contributed by atoms with Gasteiger partial charge in [0.15, 0.2) is 0 Å². The molecule has 0 radical (unpaired) electrons. The smallest absolute Gasteiger partial charge is 0.303 e. The van der Waals surface area contributed by atoms with Crippen LogP contribution in [0, 0.1) is 0 Å². The Hall–Kier alpha value is -1.32. The van der Waals surface area contributed by atoms with E-state index in [4.69, 9.17) is 5.11 Å². The Morgan fingerprint density at radius 1 is 1.64 bits per heavy atom. The standard InChI is InChI=1S/C10H16N2O2/c1-3-8-7-12(2)9(11-8)5-4-6-10(13)14/h7H,3-6H2,1-2H3,(H,13,14). The summed E-state index contributed by atoms with van der Waals surface area (Å²) in [4.78, 5) is 14.7. The molecule has 0 aliphatic rings. The van der Waals surface area contributed by atoms with Crippen LogP contribution in [0.4, 0.5) is 0 Å². The zero-order valence-corrected chi connectivity index (χ0v) is 8.66. The lowest BCUT2D eigenvalue weighted by molar-refractivity contribution is -0.137. The van der Waals surface area contributed by atoms with Gasteiger partial charge in [-0.3, -0.25) is 4.79 Å². The molecular formula is C10H16N2O2. The van der Waals surface area contributed by atoms with E-state index in [1.807, 2.05) is 17.8 Å². The van der Waals surface area contributed by atoms with Gasteiger partial charge in [-0.2, -0.15) is 0 Å². The highest BCUT2D eigenvalue weighted by Crippen LogP contribution is 2.06. The molecule has 1 aromatic rings. The number of hydrogen-bond donors (Lipinski definition) is 1. The average Bonchev–Trinajstić information content (AvgIpc) is 2.47. The Bertz CT molecular complexity index is 318. The number of imidazole rings is 1. The topological polar surface area (TPSA) is 55.1 Å². The summed E-state index contributed by atoms with van der Waals surface area (Å²) in [5.74, 6) is 0.234. The highest BCUT2D eigenvalue weighted by Gasteiger charge is 2.04. The number of carbonyl (C=O) groups is 1. The molecule has 0 fully saturated rings. The molecule has 78 valence electrons. The minimum absolute atomic E-state index is 0.217. The van der Waals surface area contributed by atoms with Gasteiger partial charge in [-0.15, -0.1) is 0 Å². The van der Waals surface area contributed by atoms with E-state index in [0.717, 1.165) is 24.4 Å². The summed E-state index contributed by atoms with van der Waals surface area (Å²) < 4.78 is 1.97. The molecule has 0 atom stereocenters. The largest absolute Gasteiger partial charge is 0.481 e. The van der Waals surface area contributed by atoms with Crippen LogP contribution in [0.5, 0.6) is 0 Å². The van der Waals surface area contributed by atoms with Gasteiger partial charge < -0.3 is 9.67 Å². The van der Waals surface area contributed by atoms with Crippen LogP contribution in [0.3, 0.4) is 0 Å². The predicted molar refractivity (Wildman–Crippen MR) is 53.2 cm³/mol. The van der Waals surface area contributed by atoms with Gasteiger partial charge in [0, 0.05) is 26.1 Å². The predicted octanol–water partition coefficient (Wildman–Crippen LogP) is 1.39. The highest BCUT2D eigenvalue weighted by molar-refractivity contribution is 5.66. The molecule has 0 spiro atoms. The lowest BCUT2D eigenvalue weighted by Gasteiger charge is -1.98. The summed E-state index contributed by atoms with van der Waals surface area (Å²) in [5.41, 5.74) is 1.07. The molecule has 0 amide bonds. The Labute approximate surface area is 83.6 Å². The summed E-state index contributed by atoms with van der Waals surface area (Å²) in [7, 11) is 1.95.